The molecule has 0 spiro atoms. The fourth-order valence-corrected chi connectivity index (χ4v) is 3.95. The maximum absolute atomic E-state index is 6.50. The molecule has 2 N–H and O–H groups in total. The zero-order valence-electron chi connectivity index (χ0n) is 14.3. The summed E-state index contributed by atoms with van der Waals surface area (Å²) in [5.74, 6) is 0. The number of rotatable bonds is 3. The van der Waals surface area contributed by atoms with Crippen molar-refractivity contribution in [1.82, 2.24) is 19.9 Å². The van der Waals surface area contributed by atoms with Gasteiger partial charge in [-0.2, -0.15) is 4.98 Å². The van der Waals surface area contributed by atoms with Crippen molar-refractivity contribution in [3.8, 4) is 17.3 Å². The van der Waals surface area contributed by atoms with Gasteiger partial charge in [-0.3, -0.25) is 0 Å². The van der Waals surface area contributed by atoms with E-state index in [2.05, 4.69) is 32.1 Å². The van der Waals surface area contributed by atoms with Crippen molar-refractivity contribution in [2.45, 2.75) is 38.2 Å². The molecule has 0 saturated heterocycles. The molecule has 3 aromatic heterocycles. The number of nitrogens with one attached hydrogen (secondary N) is 2. The van der Waals surface area contributed by atoms with E-state index in [1.54, 1.807) is 0 Å². The molecule has 6 heteroatoms. The Balaban J connectivity index is 1.51. The molecule has 0 amide bonds. The molecule has 132 valence electrons. The summed E-state index contributed by atoms with van der Waals surface area (Å²) in [5, 5.41) is 1.75. The molecule has 26 heavy (non-hydrogen) atoms. The van der Waals surface area contributed by atoms with Gasteiger partial charge in [0, 0.05) is 17.3 Å². The van der Waals surface area contributed by atoms with E-state index in [9.17, 15) is 0 Å². The molecule has 5 nitrogen and oxygen atoms in total. The van der Waals surface area contributed by atoms with Gasteiger partial charge in [-0.15, -0.1) is 0 Å². The first-order valence-corrected chi connectivity index (χ1v) is 9.44. The summed E-state index contributed by atoms with van der Waals surface area (Å²) in [6.07, 6.45) is 8.09. The van der Waals surface area contributed by atoms with Crippen LogP contribution in [0, 0.1) is 0 Å². The highest BCUT2D eigenvalue weighted by Gasteiger charge is 2.18. The highest BCUT2D eigenvalue weighted by atomic mass is 35.5. The van der Waals surface area contributed by atoms with Gasteiger partial charge in [0.2, 0.25) is 0 Å². The van der Waals surface area contributed by atoms with Crippen molar-refractivity contribution < 1.29 is 4.74 Å². The number of ether oxygens (including phenoxy) is 1. The molecule has 1 aliphatic rings. The van der Waals surface area contributed by atoms with Gasteiger partial charge in [-0.25, -0.2) is 4.98 Å². The third-order valence-corrected chi connectivity index (χ3v) is 5.35. The van der Waals surface area contributed by atoms with Crippen LogP contribution in [0.25, 0.3) is 33.3 Å². The summed E-state index contributed by atoms with van der Waals surface area (Å²) < 4.78 is 6.02. The molecule has 5 rings (SSSR count). The summed E-state index contributed by atoms with van der Waals surface area (Å²) in [7, 11) is 0. The van der Waals surface area contributed by atoms with Crippen molar-refractivity contribution in [3.63, 3.8) is 0 Å². The van der Waals surface area contributed by atoms with Crippen LogP contribution >= 0.6 is 11.6 Å². The number of nitrogens with zero attached hydrogens (tertiary/aromatic N) is 2. The smallest absolute Gasteiger partial charge is 0.296 e. The number of fused-ring (bicyclic) bond motifs is 2. The lowest BCUT2D eigenvalue weighted by Gasteiger charge is -2.21. The normalized spacial score (nSPS) is 15.7. The molecule has 0 aliphatic heterocycles. The molecule has 4 aromatic rings. The van der Waals surface area contributed by atoms with Crippen LogP contribution in [0.15, 0.2) is 36.5 Å². The van der Waals surface area contributed by atoms with E-state index in [1.165, 1.54) is 19.3 Å². The number of H-pyrrole nitrogens is 2. The second-order valence-corrected chi connectivity index (χ2v) is 7.30. The topological polar surface area (TPSA) is 66.6 Å². The van der Waals surface area contributed by atoms with Crippen LogP contribution < -0.4 is 4.74 Å². The standard InChI is InChI=1S/C20H19ClN4O/c21-15-11-17-19(25-20(23-17)26-14-4-2-1-3-5-14)24-18(15)13-7-6-12-8-9-22-16(12)10-13/h6-11,14,22H,1-5H2,(H,23,24,25). The minimum atomic E-state index is 0.245. The molecular weight excluding hydrogens is 348 g/mol. The summed E-state index contributed by atoms with van der Waals surface area (Å²) in [6.45, 7) is 0. The molecule has 1 aromatic carbocycles. The number of imidazole rings is 1. The van der Waals surface area contributed by atoms with Crippen LogP contribution in [-0.4, -0.2) is 26.0 Å². The van der Waals surface area contributed by atoms with Gasteiger partial charge in [0.15, 0.2) is 5.65 Å². The second kappa shape index (κ2) is 6.32. The Hall–Kier alpha value is -2.53. The van der Waals surface area contributed by atoms with Gasteiger partial charge in [0.05, 0.1) is 16.2 Å². The number of hydrogen-bond donors (Lipinski definition) is 2. The lowest BCUT2D eigenvalue weighted by molar-refractivity contribution is 0.143. The lowest BCUT2D eigenvalue weighted by atomic mass is 9.98. The predicted molar refractivity (Wildman–Crippen MR) is 104 cm³/mol. The van der Waals surface area contributed by atoms with Crippen LogP contribution in [0.1, 0.15) is 32.1 Å². The van der Waals surface area contributed by atoms with Crippen LogP contribution in [0.5, 0.6) is 6.01 Å². The first-order chi connectivity index (χ1) is 12.8. The lowest BCUT2D eigenvalue weighted by Crippen LogP contribution is -2.20. The minimum Gasteiger partial charge on any atom is -0.461 e. The second-order valence-electron chi connectivity index (χ2n) is 6.89. The summed E-state index contributed by atoms with van der Waals surface area (Å²) in [6, 6.07) is 10.6. The Labute approximate surface area is 155 Å². The van der Waals surface area contributed by atoms with E-state index < -0.39 is 0 Å². The van der Waals surface area contributed by atoms with Gasteiger partial charge < -0.3 is 14.7 Å². The zero-order chi connectivity index (χ0) is 17.5. The van der Waals surface area contributed by atoms with Crippen molar-refractivity contribution >= 4 is 33.7 Å². The molecule has 0 radical (unpaired) electrons. The van der Waals surface area contributed by atoms with Crippen LogP contribution in [0.4, 0.5) is 0 Å². The van der Waals surface area contributed by atoms with Crippen LogP contribution in [0.2, 0.25) is 5.02 Å². The van der Waals surface area contributed by atoms with Gasteiger partial charge in [-0.1, -0.05) is 30.2 Å². The van der Waals surface area contributed by atoms with Crippen molar-refractivity contribution in [2.75, 3.05) is 0 Å². The van der Waals surface area contributed by atoms with E-state index in [0.29, 0.717) is 16.7 Å². The number of pyridine rings is 1. The van der Waals surface area contributed by atoms with Gasteiger partial charge in [0.25, 0.3) is 6.01 Å². The molecule has 1 fully saturated rings. The van der Waals surface area contributed by atoms with E-state index in [-0.39, 0.29) is 6.10 Å². The van der Waals surface area contributed by atoms with Crippen LogP contribution in [0.3, 0.4) is 0 Å². The third kappa shape index (κ3) is 2.82. The fraction of sp³-hybridized carbons (Fsp3) is 0.300. The quantitative estimate of drug-likeness (QED) is 0.505. The highest BCUT2D eigenvalue weighted by molar-refractivity contribution is 6.33. The van der Waals surface area contributed by atoms with E-state index in [4.69, 9.17) is 16.3 Å². The first kappa shape index (κ1) is 15.7. The van der Waals surface area contributed by atoms with E-state index in [0.717, 1.165) is 40.5 Å². The molecule has 0 atom stereocenters. The third-order valence-electron chi connectivity index (χ3n) is 5.06. The average Bonchev–Trinajstić information content (AvgIpc) is 3.27. The predicted octanol–water partition coefficient (Wildman–Crippen LogP) is 5.47. The van der Waals surface area contributed by atoms with Crippen LogP contribution in [-0.2, 0) is 0 Å². The van der Waals surface area contributed by atoms with Gasteiger partial charge in [-0.05, 0) is 49.3 Å². The zero-order valence-corrected chi connectivity index (χ0v) is 15.0. The SMILES string of the molecule is Clc1cc2[nH]c(OC3CCCCC3)nc2nc1-c1ccc2cc[nH]c2c1. The van der Waals surface area contributed by atoms with Crippen molar-refractivity contribution in [3.05, 3.63) is 41.6 Å². The molecule has 1 saturated carbocycles. The fourth-order valence-electron chi connectivity index (χ4n) is 3.69. The monoisotopic (exact) mass is 366 g/mol. The first-order valence-electron chi connectivity index (χ1n) is 9.07. The van der Waals surface area contributed by atoms with Gasteiger partial charge >= 0.3 is 0 Å². The Kier molecular flexibility index (Phi) is 3.82. The van der Waals surface area contributed by atoms with E-state index in [1.807, 2.05) is 24.4 Å². The average molecular weight is 367 g/mol. The highest BCUT2D eigenvalue weighted by Crippen LogP contribution is 2.31. The minimum absolute atomic E-state index is 0.245. The Morgan fingerprint density at radius 1 is 1.00 bits per heavy atom. The maximum Gasteiger partial charge on any atom is 0.296 e. The Morgan fingerprint density at radius 3 is 2.77 bits per heavy atom. The maximum atomic E-state index is 6.50. The summed E-state index contributed by atoms with van der Waals surface area (Å²) >= 11 is 6.50. The number of aromatic amines is 2. The molecule has 1 aliphatic carbocycles. The molecule has 3 heterocycles. The largest absolute Gasteiger partial charge is 0.461 e. The number of benzene rings is 1. The number of hydrogen-bond acceptors (Lipinski definition) is 3. The van der Waals surface area contributed by atoms with E-state index >= 15 is 0 Å². The van der Waals surface area contributed by atoms with Crippen molar-refractivity contribution in [2.24, 2.45) is 0 Å². The molecule has 0 unspecified atom stereocenters. The number of halogens is 1. The summed E-state index contributed by atoms with van der Waals surface area (Å²) in [5.41, 5.74) is 4.17. The number of aromatic nitrogens is 4. The molecule has 0 bridgehead atoms. The Bertz CT molecular complexity index is 1080. The molecular formula is C20H19ClN4O. The van der Waals surface area contributed by atoms with Crippen molar-refractivity contribution in [1.29, 1.82) is 0 Å². The van der Waals surface area contributed by atoms with Gasteiger partial charge in [0.1, 0.15) is 6.10 Å². The summed E-state index contributed by atoms with van der Waals surface area (Å²) in [4.78, 5) is 15.6. The Morgan fingerprint density at radius 2 is 1.88 bits per heavy atom.